The molecule has 0 saturated heterocycles. The van der Waals surface area contributed by atoms with E-state index < -0.39 is 38.3 Å². The third kappa shape index (κ3) is 3.00. The van der Waals surface area contributed by atoms with Crippen molar-refractivity contribution in [1.29, 1.82) is 0 Å². The summed E-state index contributed by atoms with van der Waals surface area (Å²) in [6, 6.07) is 10.9. The molecule has 1 saturated carbocycles. The van der Waals surface area contributed by atoms with Crippen LogP contribution in [0.3, 0.4) is 0 Å². The van der Waals surface area contributed by atoms with Crippen LogP contribution in [0.25, 0.3) is 0 Å². The summed E-state index contributed by atoms with van der Waals surface area (Å²) in [4.78, 5) is 12.4. The molecule has 3 rings (SSSR count). The van der Waals surface area contributed by atoms with E-state index >= 15 is 0 Å². The van der Waals surface area contributed by atoms with Gasteiger partial charge in [0.05, 0.1) is 11.5 Å². The molecule has 0 aliphatic heterocycles. The third-order valence-electron chi connectivity index (χ3n) is 4.51. The molecule has 0 radical (unpaired) electrons. The molecule has 1 aliphatic rings. The van der Waals surface area contributed by atoms with Gasteiger partial charge in [0.2, 0.25) is 0 Å². The molecule has 2 aromatic carbocycles. The molecule has 0 heterocycles. The SMILES string of the molecule is CCOC(=O)[C@]1(N)[C@H](c2ccc(F)cc2)[C@H]1S(=O)(=O)c1ccc(Cl)cc1. The molecule has 26 heavy (non-hydrogen) atoms. The lowest BCUT2D eigenvalue weighted by Gasteiger charge is -2.11. The summed E-state index contributed by atoms with van der Waals surface area (Å²) in [5.41, 5.74) is 4.95. The highest BCUT2D eigenvalue weighted by Crippen LogP contribution is 2.56. The number of rotatable bonds is 5. The van der Waals surface area contributed by atoms with Gasteiger partial charge in [-0.2, -0.15) is 0 Å². The van der Waals surface area contributed by atoms with Gasteiger partial charge >= 0.3 is 5.97 Å². The van der Waals surface area contributed by atoms with E-state index in [1.54, 1.807) is 6.92 Å². The zero-order valence-corrected chi connectivity index (χ0v) is 15.4. The van der Waals surface area contributed by atoms with E-state index in [1.165, 1.54) is 48.5 Å². The van der Waals surface area contributed by atoms with Gasteiger partial charge in [0, 0.05) is 10.9 Å². The van der Waals surface area contributed by atoms with Crippen LogP contribution < -0.4 is 5.73 Å². The topological polar surface area (TPSA) is 86.5 Å². The number of ether oxygens (including phenoxy) is 1. The molecule has 5 nitrogen and oxygen atoms in total. The number of hydrogen-bond acceptors (Lipinski definition) is 5. The van der Waals surface area contributed by atoms with Gasteiger partial charge in [-0.05, 0) is 48.9 Å². The van der Waals surface area contributed by atoms with Crippen molar-refractivity contribution in [2.45, 2.75) is 28.5 Å². The highest BCUT2D eigenvalue weighted by atomic mass is 35.5. The first-order valence-corrected chi connectivity index (χ1v) is 9.86. The van der Waals surface area contributed by atoms with E-state index in [4.69, 9.17) is 22.1 Å². The second kappa shape index (κ2) is 6.64. The molecular weight excluding hydrogens is 381 g/mol. The van der Waals surface area contributed by atoms with Crippen molar-refractivity contribution in [3.05, 3.63) is 64.9 Å². The van der Waals surface area contributed by atoms with E-state index in [9.17, 15) is 17.6 Å². The van der Waals surface area contributed by atoms with Crippen LogP contribution in [-0.2, 0) is 19.4 Å². The predicted octanol–water partition coefficient (Wildman–Crippen LogP) is 2.68. The zero-order valence-electron chi connectivity index (χ0n) is 13.9. The summed E-state index contributed by atoms with van der Waals surface area (Å²) in [7, 11) is -3.94. The molecule has 1 fully saturated rings. The maximum absolute atomic E-state index is 13.2. The molecule has 138 valence electrons. The lowest BCUT2D eigenvalue weighted by molar-refractivity contribution is -0.145. The molecular formula is C18H17ClFNO4S. The lowest BCUT2D eigenvalue weighted by Crippen LogP contribution is -2.41. The molecule has 0 bridgehead atoms. The zero-order chi connectivity index (χ0) is 19.1. The number of hydrogen-bond donors (Lipinski definition) is 1. The minimum Gasteiger partial charge on any atom is -0.465 e. The molecule has 0 unspecified atom stereocenters. The average molecular weight is 398 g/mol. The maximum atomic E-state index is 13.2. The number of halogens is 2. The van der Waals surface area contributed by atoms with Gasteiger partial charge in [0.25, 0.3) is 0 Å². The Bertz CT molecular complexity index is 931. The number of nitrogens with two attached hydrogens (primary N) is 1. The minimum absolute atomic E-state index is 0.00985. The normalized spacial score (nSPS) is 24.9. The summed E-state index contributed by atoms with van der Waals surface area (Å²) >= 11 is 5.81. The Morgan fingerprint density at radius 1 is 1.19 bits per heavy atom. The van der Waals surface area contributed by atoms with Gasteiger partial charge in [0.1, 0.15) is 16.6 Å². The van der Waals surface area contributed by atoms with Gasteiger partial charge in [-0.15, -0.1) is 0 Å². The number of carbonyl (C=O) groups is 1. The molecule has 8 heteroatoms. The summed E-state index contributed by atoms with van der Waals surface area (Å²) in [5, 5.41) is -0.820. The van der Waals surface area contributed by atoms with Crippen LogP contribution in [0.15, 0.2) is 53.4 Å². The highest BCUT2D eigenvalue weighted by molar-refractivity contribution is 7.92. The Hall–Kier alpha value is -1.96. The monoisotopic (exact) mass is 397 g/mol. The van der Waals surface area contributed by atoms with Gasteiger partial charge in [-0.25, -0.2) is 17.6 Å². The summed E-state index contributed by atoms with van der Waals surface area (Å²) in [6.07, 6.45) is 0. The highest BCUT2D eigenvalue weighted by Gasteiger charge is 2.74. The standard InChI is InChI=1S/C18H17ClFNO4S/c1-2-25-17(22)18(21)15(11-3-7-13(20)8-4-11)16(18)26(23,24)14-9-5-12(19)6-10-14/h3-10,15-16H,2,21H2,1H3/t15-,16-,18+/m1/s1. The average Bonchev–Trinajstić information content (AvgIpc) is 3.25. The van der Waals surface area contributed by atoms with Crippen LogP contribution in [0.5, 0.6) is 0 Å². The van der Waals surface area contributed by atoms with Crippen molar-refractivity contribution in [3.63, 3.8) is 0 Å². The molecule has 2 aromatic rings. The first kappa shape index (κ1) is 18.8. The van der Waals surface area contributed by atoms with Crippen LogP contribution in [0.1, 0.15) is 18.4 Å². The van der Waals surface area contributed by atoms with Crippen molar-refractivity contribution in [3.8, 4) is 0 Å². The lowest BCUT2D eigenvalue weighted by atomic mass is 10.1. The van der Waals surface area contributed by atoms with E-state index in [2.05, 4.69) is 0 Å². The van der Waals surface area contributed by atoms with Crippen LogP contribution in [-0.4, -0.2) is 31.8 Å². The van der Waals surface area contributed by atoms with E-state index in [1.807, 2.05) is 0 Å². The fourth-order valence-corrected chi connectivity index (χ4v) is 5.55. The van der Waals surface area contributed by atoms with Crippen molar-refractivity contribution >= 4 is 27.4 Å². The second-order valence-corrected chi connectivity index (χ2v) is 8.61. The maximum Gasteiger partial charge on any atom is 0.328 e. The van der Waals surface area contributed by atoms with Crippen molar-refractivity contribution < 1.29 is 22.3 Å². The quantitative estimate of drug-likeness (QED) is 0.784. The van der Waals surface area contributed by atoms with Crippen molar-refractivity contribution in [1.82, 2.24) is 0 Å². The Morgan fingerprint density at radius 2 is 1.77 bits per heavy atom. The van der Waals surface area contributed by atoms with Gasteiger partial charge in [-0.1, -0.05) is 23.7 Å². The molecule has 1 aliphatic carbocycles. The smallest absolute Gasteiger partial charge is 0.328 e. The first-order chi connectivity index (χ1) is 12.2. The summed E-state index contributed by atoms with van der Waals surface area (Å²) in [5.74, 6) is -2.09. The molecule has 2 N–H and O–H groups in total. The van der Waals surface area contributed by atoms with Crippen LogP contribution in [0.2, 0.25) is 5.02 Å². The fraction of sp³-hybridized carbons (Fsp3) is 0.278. The van der Waals surface area contributed by atoms with Gasteiger partial charge < -0.3 is 10.5 Å². The number of carbonyl (C=O) groups excluding carboxylic acids is 1. The fourth-order valence-electron chi connectivity index (χ4n) is 3.20. The third-order valence-corrected chi connectivity index (χ3v) is 7.03. The van der Waals surface area contributed by atoms with E-state index in [0.29, 0.717) is 10.6 Å². The Balaban J connectivity index is 2.06. The number of benzene rings is 2. The minimum atomic E-state index is -3.94. The van der Waals surface area contributed by atoms with E-state index in [0.717, 1.165) is 0 Å². The first-order valence-electron chi connectivity index (χ1n) is 7.94. The van der Waals surface area contributed by atoms with Crippen LogP contribution in [0.4, 0.5) is 4.39 Å². The van der Waals surface area contributed by atoms with Gasteiger partial charge in [-0.3, -0.25) is 0 Å². The van der Waals surface area contributed by atoms with Crippen LogP contribution >= 0.6 is 11.6 Å². The summed E-state index contributed by atoms with van der Waals surface area (Å²) < 4.78 is 44.4. The Labute approximate surface area is 155 Å². The summed E-state index contributed by atoms with van der Waals surface area (Å²) in [6.45, 7) is 1.68. The number of sulfone groups is 1. The Morgan fingerprint density at radius 3 is 2.31 bits per heavy atom. The molecule has 3 atom stereocenters. The number of esters is 1. The van der Waals surface area contributed by atoms with Crippen molar-refractivity contribution in [2.24, 2.45) is 5.73 Å². The van der Waals surface area contributed by atoms with Crippen molar-refractivity contribution in [2.75, 3.05) is 6.61 Å². The van der Waals surface area contributed by atoms with E-state index in [-0.39, 0.29) is 11.5 Å². The van der Waals surface area contributed by atoms with Crippen LogP contribution in [0, 0.1) is 5.82 Å². The predicted molar refractivity (Wildman–Crippen MR) is 95.1 cm³/mol. The van der Waals surface area contributed by atoms with Gasteiger partial charge in [0.15, 0.2) is 9.84 Å². The second-order valence-electron chi connectivity index (χ2n) is 6.10. The largest absolute Gasteiger partial charge is 0.465 e. The molecule has 0 spiro atoms. The molecule has 0 amide bonds. The molecule has 0 aromatic heterocycles. The Kier molecular flexibility index (Phi) is 4.81.